The molecule has 2 atom stereocenters. The van der Waals surface area contributed by atoms with E-state index in [1.54, 1.807) is 0 Å². The van der Waals surface area contributed by atoms with E-state index < -0.39 is 5.54 Å². The second-order valence-electron chi connectivity index (χ2n) is 6.04. The normalized spacial score (nSPS) is 26.5. The van der Waals surface area contributed by atoms with Crippen molar-refractivity contribution in [3.63, 3.8) is 0 Å². The van der Waals surface area contributed by atoms with E-state index in [0.29, 0.717) is 10.9 Å². The Bertz CT molecular complexity index is 489. The van der Waals surface area contributed by atoms with Crippen LogP contribution in [0.3, 0.4) is 0 Å². The van der Waals surface area contributed by atoms with Crippen molar-refractivity contribution in [1.29, 1.82) is 0 Å². The van der Waals surface area contributed by atoms with Crippen LogP contribution < -0.4 is 11.1 Å². The summed E-state index contributed by atoms with van der Waals surface area (Å²) < 4.78 is 0. The lowest BCUT2D eigenvalue weighted by Gasteiger charge is -2.45. The molecule has 20 heavy (non-hydrogen) atoms. The van der Waals surface area contributed by atoms with E-state index in [1.165, 1.54) is 0 Å². The number of primary amides is 1. The molecule has 4 heteroatoms. The molecule has 0 aromatic heterocycles. The number of benzene rings is 1. The first-order valence-electron chi connectivity index (χ1n) is 7.30. The molecular formula is C16H23ClN2O. The Morgan fingerprint density at radius 3 is 2.70 bits per heavy atom. The molecule has 3 nitrogen and oxygen atoms in total. The van der Waals surface area contributed by atoms with Gasteiger partial charge in [0.1, 0.15) is 5.54 Å². The SMILES string of the molecule is CC(C)C1CCCCC1(Nc1ccccc1Cl)C(N)=O. The van der Waals surface area contributed by atoms with Gasteiger partial charge in [-0.3, -0.25) is 4.79 Å². The highest BCUT2D eigenvalue weighted by atomic mass is 35.5. The van der Waals surface area contributed by atoms with E-state index in [9.17, 15) is 4.79 Å². The summed E-state index contributed by atoms with van der Waals surface area (Å²) in [5, 5.41) is 4.01. The van der Waals surface area contributed by atoms with Crippen molar-refractivity contribution in [2.45, 2.75) is 45.1 Å². The minimum absolute atomic E-state index is 0.241. The van der Waals surface area contributed by atoms with Crippen LogP contribution in [0.4, 0.5) is 5.69 Å². The molecule has 1 amide bonds. The molecule has 1 fully saturated rings. The molecule has 110 valence electrons. The Morgan fingerprint density at radius 1 is 1.40 bits per heavy atom. The highest BCUT2D eigenvalue weighted by molar-refractivity contribution is 6.33. The Hall–Kier alpha value is -1.22. The van der Waals surface area contributed by atoms with Crippen LogP contribution in [0, 0.1) is 11.8 Å². The summed E-state index contributed by atoms with van der Waals surface area (Å²) in [6, 6.07) is 7.52. The molecule has 3 N–H and O–H groups in total. The fourth-order valence-electron chi connectivity index (χ4n) is 3.43. The van der Waals surface area contributed by atoms with Crippen LogP contribution in [0.5, 0.6) is 0 Å². The van der Waals surface area contributed by atoms with Gasteiger partial charge in [0, 0.05) is 0 Å². The van der Waals surface area contributed by atoms with Crippen LogP contribution in [0.1, 0.15) is 39.5 Å². The largest absolute Gasteiger partial charge is 0.370 e. The molecule has 1 aliphatic rings. The Labute approximate surface area is 125 Å². The topological polar surface area (TPSA) is 55.1 Å². The number of rotatable bonds is 4. The Morgan fingerprint density at radius 2 is 2.10 bits per heavy atom. The third kappa shape index (κ3) is 2.78. The van der Waals surface area contributed by atoms with Crippen LogP contribution >= 0.6 is 11.6 Å². The molecule has 0 aliphatic heterocycles. The van der Waals surface area contributed by atoms with Crippen molar-refractivity contribution in [2.24, 2.45) is 17.6 Å². The van der Waals surface area contributed by atoms with E-state index in [0.717, 1.165) is 31.4 Å². The second kappa shape index (κ2) is 6.04. The Kier molecular flexibility index (Phi) is 4.59. The van der Waals surface area contributed by atoms with Gasteiger partial charge >= 0.3 is 0 Å². The fourth-order valence-corrected chi connectivity index (χ4v) is 3.61. The molecule has 0 saturated heterocycles. The summed E-state index contributed by atoms with van der Waals surface area (Å²) in [4.78, 5) is 12.2. The Balaban J connectivity index is 2.38. The first-order chi connectivity index (χ1) is 9.47. The molecule has 0 bridgehead atoms. The molecule has 0 spiro atoms. The third-order valence-corrected chi connectivity index (χ3v) is 4.77. The first kappa shape index (κ1) is 15.2. The molecule has 1 saturated carbocycles. The number of nitrogens with one attached hydrogen (secondary N) is 1. The number of anilines is 1. The number of carbonyl (C=O) groups excluding carboxylic acids is 1. The van der Waals surface area contributed by atoms with Gasteiger partial charge in [0.2, 0.25) is 5.91 Å². The molecule has 1 aromatic rings. The van der Waals surface area contributed by atoms with Gasteiger partial charge in [0.15, 0.2) is 0 Å². The smallest absolute Gasteiger partial charge is 0.243 e. The highest BCUT2D eigenvalue weighted by Gasteiger charge is 2.47. The van der Waals surface area contributed by atoms with Crippen molar-refractivity contribution < 1.29 is 4.79 Å². The zero-order valence-electron chi connectivity index (χ0n) is 12.2. The lowest BCUT2D eigenvalue weighted by atomic mass is 9.67. The molecule has 2 unspecified atom stereocenters. The predicted molar refractivity (Wildman–Crippen MR) is 83.8 cm³/mol. The standard InChI is InChI=1S/C16H23ClN2O/c1-11(2)12-7-5-6-10-16(12,15(18)20)19-14-9-4-3-8-13(14)17/h3-4,8-9,11-12,19H,5-7,10H2,1-2H3,(H2,18,20). The maximum Gasteiger partial charge on any atom is 0.243 e. The lowest BCUT2D eigenvalue weighted by molar-refractivity contribution is -0.126. The van der Waals surface area contributed by atoms with Gasteiger partial charge in [0.25, 0.3) is 0 Å². The number of carbonyl (C=O) groups is 1. The van der Waals surface area contributed by atoms with Gasteiger partial charge in [-0.2, -0.15) is 0 Å². The molecule has 1 aliphatic carbocycles. The predicted octanol–water partition coefficient (Wildman–Crippen LogP) is 3.82. The number of halogens is 1. The summed E-state index contributed by atoms with van der Waals surface area (Å²) >= 11 is 6.22. The summed E-state index contributed by atoms with van der Waals surface area (Å²) in [5.74, 6) is 0.374. The lowest BCUT2D eigenvalue weighted by Crippen LogP contribution is -2.58. The highest BCUT2D eigenvalue weighted by Crippen LogP contribution is 2.41. The number of hydrogen-bond acceptors (Lipinski definition) is 2. The van der Waals surface area contributed by atoms with Crippen LogP contribution in [0.15, 0.2) is 24.3 Å². The van der Waals surface area contributed by atoms with Gasteiger partial charge in [-0.05, 0) is 36.8 Å². The van der Waals surface area contributed by atoms with Crippen molar-refractivity contribution in [3.8, 4) is 0 Å². The van der Waals surface area contributed by atoms with Crippen LogP contribution in [0.25, 0.3) is 0 Å². The number of hydrogen-bond donors (Lipinski definition) is 2. The van der Waals surface area contributed by atoms with Crippen molar-refractivity contribution in [2.75, 3.05) is 5.32 Å². The summed E-state index contributed by atoms with van der Waals surface area (Å²) in [5.41, 5.74) is 5.89. The van der Waals surface area contributed by atoms with E-state index in [1.807, 2.05) is 24.3 Å². The van der Waals surface area contributed by atoms with Gasteiger partial charge in [-0.15, -0.1) is 0 Å². The van der Waals surface area contributed by atoms with Gasteiger partial charge in [0.05, 0.1) is 10.7 Å². The van der Waals surface area contributed by atoms with Crippen LogP contribution in [-0.2, 0) is 4.79 Å². The van der Waals surface area contributed by atoms with Crippen molar-refractivity contribution in [3.05, 3.63) is 29.3 Å². The number of amides is 1. The zero-order chi connectivity index (χ0) is 14.8. The van der Waals surface area contributed by atoms with Gasteiger partial charge < -0.3 is 11.1 Å². The summed E-state index contributed by atoms with van der Waals surface area (Å²) in [7, 11) is 0. The summed E-state index contributed by atoms with van der Waals surface area (Å²) in [6.45, 7) is 4.31. The summed E-state index contributed by atoms with van der Waals surface area (Å²) in [6.07, 6.45) is 3.97. The van der Waals surface area contributed by atoms with Crippen molar-refractivity contribution >= 4 is 23.2 Å². The molecule has 1 aromatic carbocycles. The number of para-hydroxylation sites is 1. The average Bonchev–Trinajstić information content (AvgIpc) is 2.41. The van der Waals surface area contributed by atoms with E-state index >= 15 is 0 Å². The number of nitrogens with two attached hydrogens (primary N) is 1. The van der Waals surface area contributed by atoms with Gasteiger partial charge in [-0.25, -0.2) is 0 Å². The van der Waals surface area contributed by atoms with Crippen LogP contribution in [0.2, 0.25) is 5.02 Å². The zero-order valence-corrected chi connectivity index (χ0v) is 12.9. The maximum absolute atomic E-state index is 12.2. The van der Waals surface area contributed by atoms with Crippen LogP contribution in [-0.4, -0.2) is 11.4 Å². The third-order valence-electron chi connectivity index (χ3n) is 4.45. The molecule has 0 radical (unpaired) electrons. The monoisotopic (exact) mass is 294 g/mol. The minimum atomic E-state index is -0.683. The quantitative estimate of drug-likeness (QED) is 0.887. The molecular weight excluding hydrogens is 272 g/mol. The fraction of sp³-hybridized carbons (Fsp3) is 0.562. The van der Waals surface area contributed by atoms with E-state index in [-0.39, 0.29) is 11.8 Å². The van der Waals surface area contributed by atoms with Gasteiger partial charge in [-0.1, -0.05) is 50.4 Å². The molecule has 2 rings (SSSR count). The minimum Gasteiger partial charge on any atom is -0.370 e. The van der Waals surface area contributed by atoms with Crippen molar-refractivity contribution in [1.82, 2.24) is 0 Å². The first-order valence-corrected chi connectivity index (χ1v) is 7.68. The second-order valence-corrected chi connectivity index (χ2v) is 6.44. The van der Waals surface area contributed by atoms with E-state index in [2.05, 4.69) is 19.2 Å². The maximum atomic E-state index is 12.2. The van der Waals surface area contributed by atoms with E-state index in [4.69, 9.17) is 17.3 Å². The molecule has 0 heterocycles. The average molecular weight is 295 g/mol.